The molecular weight excluding hydrogens is 542 g/mol. The summed E-state index contributed by atoms with van der Waals surface area (Å²) >= 11 is 0. The molecule has 5 atom stereocenters. The lowest BCUT2D eigenvalue weighted by molar-refractivity contribution is -0.142. The molecule has 1 aromatic carbocycles. The summed E-state index contributed by atoms with van der Waals surface area (Å²) in [5, 5.41) is 19.9. The molecular formula is C29H49N7O6. The number of benzene rings is 1. The van der Waals surface area contributed by atoms with E-state index >= 15 is 0 Å². The Morgan fingerprint density at radius 1 is 0.667 bits per heavy atom. The molecule has 0 unspecified atom stereocenters. The van der Waals surface area contributed by atoms with E-state index in [2.05, 4.69) is 21.3 Å². The fourth-order valence-corrected chi connectivity index (χ4v) is 4.33. The molecule has 0 aromatic heterocycles. The van der Waals surface area contributed by atoms with Gasteiger partial charge in [-0.2, -0.15) is 0 Å². The first-order chi connectivity index (χ1) is 19.8. The lowest BCUT2D eigenvalue weighted by Gasteiger charge is -2.26. The number of amides is 4. The third kappa shape index (κ3) is 13.4. The highest BCUT2D eigenvalue weighted by molar-refractivity contribution is 5.95. The lowest BCUT2D eigenvalue weighted by Crippen LogP contribution is -2.59. The second kappa shape index (κ2) is 18.8. The summed E-state index contributed by atoms with van der Waals surface area (Å²) in [5.74, 6) is -3.54. The third-order valence-electron chi connectivity index (χ3n) is 6.48. The number of carboxylic acids is 1. The van der Waals surface area contributed by atoms with Crippen LogP contribution in [0.15, 0.2) is 30.3 Å². The number of nitrogens with one attached hydrogen (secondary N) is 4. The van der Waals surface area contributed by atoms with Gasteiger partial charge in [-0.15, -0.1) is 0 Å². The number of nitrogens with two attached hydrogens (primary N) is 3. The van der Waals surface area contributed by atoms with Crippen molar-refractivity contribution in [2.45, 2.75) is 90.0 Å². The first-order valence-electron chi connectivity index (χ1n) is 14.4. The largest absolute Gasteiger partial charge is 0.480 e. The average Bonchev–Trinajstić information content (AvgIpc) is 2.91. The minimum absolute atomic E-state index is 0.00217. The molecule has 0 spiro atoms. The van der Waals surface area contributed by atoms with E-state index in [1.807, 2.05) is 45.9 Å². The standard InChI is InChI=1S/C29H49N7O6/c1-17(2)14-20(32)25(37)35-23(16-19-8-6-5-7-9-19)28(40)34-21(10-12-30)26(38)33-22(11-13-31)27(39)36-24(29(41)42)15-18(3)4/h5-9,17-18,20-24H,10-16,30-32H2,1-4H3,(H,33,38)(H,34,40)(H,35,37)(H,36,39)(H,41,42)/t20-,21-,22-,23-,24-/m0/s1. The topological polar surface area (TPSA) is 232 Å². The molecule has 236 valence electrons. The first kappa shape index (κ1) is 36.5. The van der Waals surface area contributed by atoms with Crippen molar-refractivity contribution < 1.29 is 29.1 Å². The highest BCUT2D eigenvalue weighted by atomic mass is 16.4. The summed E-state index contributed by atoms with van der Waals surface area (Å²) in [6, 6.07) is 3.78. The van der Waals surface area contributed by atoms with Crippen LogP contribution in [0, 0.1) is 11.8 Å². The van der Waals surface area contributed by atoms with E-state index in [4.69, 9.17) is 17.2 Å². The minimum Gasteiger partial charge on any atom is -0.480 e. The van der Waals surface area contributed by atoms with Crippen LogP contribution in [0.5, 0.6) is 0 Å². The Morgan fingerprint density at radius 2 is 1.10 bits per heavy atom. The number of carbonyl (C=O) groups excluding carboxylic acids is 4. The van der Waals surface area contributed by atoms with Crippen molar-refractivity contribution in [2.24, 2.45) is 29.0 Å². The normalized spacial score (nSPS) is 14.8. The van der Waals surface area contributed by atoms with Gasteiger partial charge in [-0.05, 0) is 56.2 Å². The van der Waals surface area contributed by atoms with Gasteiger partial charge in [0.1, 0.15) is 24.2 Å². The molecule has 0 fully saturated rings. The number of aliphatic carboxylic acids is 1. The molecule has 0 radical (unpaired) electrons. The Labute approximate surface area is 248 Å². The van der Waals surface area contributed by atoms with Crippen molar-refractivity contribution in [1.82, 2.24) is 21.3 Å². The Bertz CT molecular complexity index is 1020. The van der Waals surface area contributed by atoms with E-state index in [1.165, 1.54) is 0 Å². The number of hydrogen-bond acceptors (Lipinski definition) is 8. The summed E-state index contributed by atoms with van der Waals surface area (Å²) in [6.45, 7) is 7.59. The van der Waals surface area contributed by atoms with Crippen molar-refractivity contribution in [3.8, 4) is 0 Å². The van der Waals surface area contributed by atoms with Gasteiger partial charge >= 0.3 is 5.97 Å². The van der Waals surface area contributed by atoms with Crippen LogP contribution in [0.25, 0.3) is 0 Å². The molecule has 0 bridgehead atoms. The van der Waals surface area contributed by atoms with E-state index in [9.17, 15) is 29.1 Å². The zero-order valence-corrected chi connectivity index (χ0v) is 25.1. The van der Waals surface area contributed by atoms with Gasteiger partial charge in [0.15, 0.2) is 0 Å². The summed E-state index contributed by atoms with van der Waals surface area (Å²) in [4.78, 5) is 64.1. The Balaban J connectivity index is 3.09. The Hall–Kier alpha value is -3.55. The smallest absolute Gasteiger partial charge is 0.326 e. The Morgan fingerprint density at radius 3 is 1.52 bits per heavy atom. The maximum absolute atomic E-state index is 13.4. The minimum atomic E-state index is -1.19. The molecule has 0 saturated carbocycles. The maximum Gasteiger partial charge on any atom is 0.326 e. The molecule has 13 nitrogen and oxygen atoms in total. The van der Waals surface area contributed by atoms with E-state index in [1.54, 1.807) is 12.1 Å². The molecule has 0 heterocycles. The lowest BCUT2D eigenvalue weighted by atomic mass is 10.0. The predicted octanol–water partition coefficient (Wildman–Crippen LogP) is -0.630. The van der Waals surface area contributed by atoms with Crippen molar-refractivity contribution in [1.29, 1.82) is 0 Å². The second-order valence-electron chi connectivity index (χ2n) is 11.3. The molecule has 13 heteroatoms. The van der Waals surface area contributed by atoms with Gasteiger partial charge in [0.2, 0.25) is 23.6 Å². The van der Waals surface area contributed by atoms with Crippen LogP contribution in [0.3, 0.4) is 0 Å². The van der Waals surface area contributed by atoms with Crippen LogP contribution in [0.2, 0.25) is 0 Å². The van der Waals surface area contributed by atoms with Gasteiger partial charge in [-0.3, -0.25) is 19.2 Å². The molecule has 0 aliphatic carbocycles. The van der Waals surface area contributed by atoms with E-state index in [0.717, 1.165) is 5.56 Å². The van der Waals surface area contributed by atoms with Gasteiger partial charge in [-0.25, -0.2) is 4.79 Å². The molecule has 0 saturated heterocycles. The van der Waals surface area contributed by atoms with E-state index < -0.39 is 59.8 Å². The van der Waals surface area contributed by atoms with Crippen LogP contribution < -0.4 is 38.5 Å². The molecule has 0 aliphatic rings. The van der Waals surface area contributed by atoms with Gasteiger partial charge < -0.3 is 43.6 Å². The zero-order valence-electron chi connectivity index (χ0n) is 25.1. The number of carboxylic acid groups (broad SMARTS) is 1. The van der Waals surface area contributed by atoms with Gasteiger partial charge in [0.25, 0.3) is 0 Å². The average molecular weight is 592 g/mol. The monoisotopic (exact) mass is 591 g/mol. The number of rotatable bonds is 19. The van der Waals surface area contributed by atoms with Crippen molar-refractivity contribution in [3.05, 3.63) is 35.9 Å². The van der Waals surface area contributed by atoms with Gasteiger partial charge in [0, 0.05) is 6.42 Å². The summed E-state index contributed by atoms with van der Waals surface area (Å²) in [5.41, 5.74) is 18.2. The highest BCUT2D eigenvalue weighted by Gasteiger charge is 2.31. The van der Waals surface area contributed by atoms with Crippen LogP contribution in [0.4, 0.5) is 0 Å². The fraction of sp³-hybridized carbons (Fsp3) is 0.621. The van der Waals surface area contributed by atoms with E-state index in [-0.39, 0.29) is 50.6 Å². The Kier molecular flexibility index (Phi) is 16.3. The summed E-state index contributed by atoms with van der Waals surface area (Å²) in [7, 11) is 0. The highest BCUT2D eigenvalue weighted by Crippen LogP contribution is 2.09. The first-order valence-corrected chi connectivity index (χ1v) is 14.4. The van der Waals surface area contributed by atoms with Crippen LogP contribution >= 0.6 is 0 Å². The number of hydrogen-bond donors (Lipinski definition) is 8. The van der Waals surface area contributed by atoms with Crippen LogP contribution in [-0.2, 0) is 30.4 Å². The SMILES string of the molecule is CC(C)C[C@H](NC(=O)[C@H](CCN)NC(=O)[C@H](CCN)NC(=O)[C@H](Cc1ccccc1)NC(=O)[C@@H](N)CC(C)C)C(=O)O. The summed E-state index contributed by atoms with van der Waals surface area (Å²) in [6.07, 6.45) is 0.849. The zero-order chi connectivity index (χ0) is 31.8. The van der Waals surface area contributed by atoms with Crippen molar-refractivity contribution in [3.63, 3.8) is 0 Å². The van der Waals surface area contributed by atoms with Crippen LogP contribution in [0.1, 0.15) is 58.9 Å². The maximum atomic E-state index is 13.4. The van der Waals surface area contributed by atoms with Crippen LogP contribution in [-0.4, -0.2) is 78.0 Å². The fourth-order valence-electron chi connectivity index (χ4n) is 4.33. The molecule has 1 rings (SSSR count). The summed E-state index contributed by atoms with van der Waals surface area (Å²) < 4.78 is 0. The van der Waals surface area contributed by atoms with Gasteiger partial charge in [0.05, 0.1) is 6.04 Å². The third-order valence-corrected chi connectivity index (χ3v) is 6.48. The molecule has 42 heavy (non-hydrogen) atoms. The van der Waals surface area contributed by atoms with Crippen molar-refractivity contribution in [2.75, 3.05) is 13.1 Å². The van der Waals surface area contributed by atoms with Gasteiger partial charge in [-0.1, -0.05) is 58.0 Å². The number of carbonyl (C=O) groups is 5. The van der Waals surface area contributed by atoms with Crippen molar-refractivity contribution >= 4 is 29.6 Å². The molecule has 4 amide bonds. The molecule has 11 N–H and O–H groups in total. The van der Waals surface area contributed by atoms with E-state index in [0.29, 0.717) is 6.42 Å². The molecule has 0 aliphatic heterocycles. The molecule has 1 aromatic rings. The quantitative estimate of drug-likeness (QED) is 0.102. The predicted molar refractivity (Wildman–Crippen MR) is 160 cm³/mol. The second-order valence-corrected chi connectivity index (χ2v) is 11.3.